The molecule has 0 spiro atoms. The molecule has 0 unspecified atom stereocenters. The summed E-state index contributed by atoms with van der Waals surface area (Å²) in [7, 11) is -3.64. The Morgan fingerprint density at radius 2 is 1.62 bits per heavy atom. The smallest absolute Gasteiger partial charge is 0.243 e. The summed E-state index contributed by atoms with van der Waals surface area (Å²) in [5, 5.41) is 0. The van der Waals surface area contributed by atoms with E-state index in [0.717, 1.165) is 56.1 Å². The fourth-order valence-electron chi connectivity index (χ4n) is 3.97. The highest BCUT2D eigenvalue weighted by molar-refractivity contribution is 7.89. The van der Waals surface area contributed by atoms with Crippen molar-refractivity contribution in [2.24, 2.45) is 0 Å². The molecule has 0 N–H and O–H groups in total. The molecule has 34 heavy (non-hydrogen) atoms. The van der Waals surface area contributed by atoms with E-state index in [0.29, 0.717) is 17.2 Å². The Balaban J connectivity index is 1.51. The summed E-state index contributed by atoms with van der Waals surface area (Å²) >= 11 is 0. The standard InChI is InChI=1S/C27H32N2O4S/c1-23-11-13-27(14-12-23)34(30,31)29(16-6-15-28-17-19-32-20-18-28)22-24-7-5-10-26(21-24)33-25-8-3-2-4-9-25/h2-5,7-14,21H,6,15-20,22H2,1H3. The number of aryl methyl sites for hydroxylation is 1. The first kappa shape index (κ1) is 24.4. The lowest BCUT2D eigenvalue weighted by Crippen LogP contribution is -2.39. The zero-order chi connectivity index (χ0) is 23.8. The van der Waals surface area contributed by atoms with Crippen LogP contribution in [0.2, 0.25) is 0 Å². The van der Waals surface area contributed by atoms with E-state index in [2.05, 4.69) is 4.90 Å². The van der Waals surface area contributed by atoms with Crippen LogP contribution in [0.1, 0.15) is 17.5 Å². The second kappa shape index (κ2) is 11.6. The van der Waals surface area contributed by atoms with Crippen LogP contribution < -0.4 is 4.74 Å². The van der Waals surface area contributed by atoms with Gasteiger partial charge < -0.3 is 9.47 Å². The lowest BCUT2D eigenvalue weighted by Gasteiger charge is -2.28. The van der Waals surface area contributed by atoms with Gasteiger partial charge in [-0.15, -0.1) is 0 Å². The predicted octanol–water partition coefficient (Wildman–Crippen LogP) is 4.70. The van der Waals surface area contributed by atoms with Crippen molar-refractivity contribution in [3.8, 4) is 11.5 Å². The van der Waals surface area contributed by atoms with Gasteiger partial charge in [-0.3, -0.25) is 4.90 Å². The molecule has 3 aromatic carbocycles. The third-order valence-electron chi connectivity index (χ3n) is 5.88. The molecule has 0 atom stereocenters. The van der Waals surface area contributed by atoms with E-state index in [1.165, 1.54) is 0 Å². The number of hydrogen-bond acceptors (Lipinski definition) is 5. The van der Waals surface area contributed by atoms with Crippen LogP contribution in [0.5, 0.6) is 11.5 Å². The molecule has 0 aliphatic carbocycles. The van der Waals surface area contributed by atoms with E-state index < -0.39 is 10.0 Å². The van der Waals surface area contributed by atoms with E-state index in [-0.39, 0.29) is 6.54 Å². The molecule has 3 aromatic rings. The fraction of sp³-hybridized carbons (Fsp3) is 0.333. The average molecular weight is 481 g/mol. The van der Waals surface area contributed by atoms with Gasteiger partial charge in [0.15, 0.2) is 0 Å². The third kappa shape index (κ3) is 6.67. The van der Waals surface area contributed by atoms with Gasteiger partial charge in [0.1, 0.15) is 11.5 Å². The zero-order valence-corrected chi connectivity index (χ0v) is 20.4. The second-order valence-electron chi connectivity index (χ2n) is 8.52. The molecular formula is C27H32N2O4S. The first-order valence-electron chi connectivity index (χ1n) is 11.7. The van der Waals surface area contributed by atoms with Crippen LogP contribution in [0.15, 0.2) is 83.8 Å². The number of benzene rings is 3. The van der Waals surface area contributed by atoms with Gasteiger partial charge in [0, 0.05) is 26.2 Å². The second-order valence-corrected chi connectivity index (χ2v) is 10.5. The van der Waals surface area contributed by atoms with E-state index in [4.69, 9.17) is 9.47 Å². The number of sulfonamides is 1. The molecule has 7 heteroatoms. The molecule has 0 amide bonds. The van der Waals surface area contributed by atoms with Crippen LogP contribution in [-0.2, 0) is 21.3 Å². The number of para-hydroxylation sites is 1. The highest BCUT2D eigenvalue weighted by atomic mass is 32.2. The highest BCUT2D eigenvalue weighted by Crippen LogP contribution is 2.24. The van der Waals surface area contributed by atoms with Crippen molar-refractivity contribution in [3.63, 3.8) is 0 Å². The summed E-state index contributed by atoms with van der Waals surface area (Å²) in [6, 6.07) is 24.3. The van der Waals surface area contributed by atoms with Crippen LogP contribution in [0.3, 0.4) is 0 Å². The number of hydrogen-bond donors (Lipinski definition) is 0. The summed E-state index contributed by atoms with van der Waals surface area (Å²) in [5.74, 6) is 1.43. The monoisotopic (exact) mass is 480 g/mol. The summed E-state index contributed by atoms with van der Waals surface area (Å²) in [4.78, 5) is 2.65. The van der Waals surface area contributed by atoms with Crippen molar-refractivity contribution in [2.75, 3.05) is 39.4 Å². The molecule has 0 radical (unpaired) electrons. The van der Waals surface area contributed by atoms with Crippen molar-refractivity contribution in [1.82, 2.24) is 9.21 Å². The minimum Gasteiger partial charge on any atom is -0.457 e. The van der Waals surface area contributed by atoms with Crippen molar-refractivity contribution in [3.05, 3.63) is 90.0 Å². The lowest BCUT2D eigenvalue weighted by atomic mass is 10.2. The fourth-order valence-corrected chi connectivity index (χ4v) is 5.44. The molecule has 180 valence electrons. The molecule has 0 saturated carbocycles. The molecule has 1 fully saturated rings. The number of morpholine rings is 1. The Kier molecular flexibility index (Phi) is 8.34. The van der Waals surface area contributed by atoms with Gasteiger partial charge in [-0.25, -0.2) is 8.42 Å². The zero-order valence-electron chi connectivity index (χ0n) is 19.6. The molecule has 6 nitrogen and oxygen atoms in total. The van der Waals surface area contributed by atoms with E-state index in [9.17, 15) is 8.42 Å². The molecule has 1 heterocycles. The van der Waals surface area contributed by atoms with Gasteiger partial charge in [-0.2, -0.15) is 4.31 Å². The van der Waals surface area contributed by atoms with Crippen LogP contribution in [-0.4, -0.2) is 57.0 Å². The van der Waals surface area contributed by atoms with Crippen molar-refractivity contribution < 1.29 is 17.9 Å². The highest BCUT2D eigenvalue weighted by Gasteiger charge is 2.25. The summed E-state index contributed by atoms with van der Waals surface area (Å²) in [6.45, 7) is 6.78. The summed E-state index contributed by atoms with van der Waals surface area (Å²) < 4.78 is 40.1. The molecule has 1 saturated heterocycles. The largest absolute Gasteiger partial charge is 0.457 e. The molecule has 1 aliphatic rings. The maximum atomic E-state index is 13.6. The molecule has 1 aliphatic heterocycles. The van der Waals surface area contributed by atoms with Crippen molar-refractivity contribution in [2.45, 2.75) is 24.8 Å². The molecular weight excluding hydrogens is 448 g/mol. The maximum absolute atomic E-state index is 13.6. The maximum Gasteiger partial charge on any atom is 0.243 e. The van der Waals surface area contributed by atoms with Crippen LogP contribution in [0, 0.1) is 6.92 Å². The number of ether oxygens (including phenoxy) is 2. The number of nitrogens with zero attached hydrogens (tertiary/aromatic N) is 2. The first-order valence-corrected chi connectivity index (χ1v) is 13.1. The van der Waals surface area contributed by atoms with Crippen molar-refractivity contribution >= 4 is 10.0 Å². The first-order chi connectivity index (χ1) is 16.5. The quantitative estimate of drug-likeness (QED) is 0.421. The number of rotatable bonds is 10. The van der Waals surface area contributed by atoms with Gasteiger partial charge in [0.25, 0.3) is 0 Å². The SMILES string of the molecule is Cc1ccc(S(=O)(=O)N(CCCN2CCOCC2)Cc2cccc(Oc3ccccc3)c2)cc1. The van der Waals surface area contributed by atoms with E-state index in [1.54, 1.807) is 16.4 Å². The van der Waals surface area contributed by atoms with E-state index >= 15 is 0 Å². The average Bonchev–Trinajstić information content (AvgIpc) is 2.85. The Bertz CT molecular complexity index is 1140. The Hall–Kier alpha value is -2.71. The van der Waals surface area contributed by atoms with Crippen molar-refractivity contribution in [1.29, 1.82) is 0 Å². The topological polar surface area (TPSA) is 59.1 Å². The van der Waals surface area contributed by atoms with Crippen LogP contribution in [0.25, 0.3) is 0 Å². The minimum atomic E-state index is -3.64. The Labute approximate surface area is 202 Å². The van der Waals surface area contributed by atoms with Gasteiger partial charge >= 0.3 is 0 Å². The molecule has 0 aromatic heterocycles. The van der Waals surface area contributed by atoms with Crippen LogP contribution in [0.4, 0.5) is 0 Å². The molecule has 0 bridgehead atoms. The van der Waals surface area contributed by atoms with Gasteiger partial charge in [0.2, 0.25) is 10.0 Å². The predicted molar refractivity (Wildman–Crippen MR) is 134 cm³/mol. The normalized spacial score (nSPS) is 14.9. The summed E-state index contributed by atoms with van der Waals surface area (Å²) in [6.07, 6.45) is 0.755. The van der Waals surface area contributed by atoms with Gasteiger partial charge in [-0.1, -0.05) is 48.0 Å². The minimum absolute atomic E-state index is 0.283. The molecule has 4 rings (SSSR count). The third-order valence-corrected chi connectivity index (χ3v) is 7.74. The van der Waals surface area contributed by atoms with Gasteiger partial charge in [-0.05, 0) is 61.9 Å². The lowest BCUT2D eigenvalue weighted by molar-refractivity contribution is 0.0368. The Morgan fingerprint density at radius 1 is 0.912 bits per heavy atom. The summed E-state index contributed by atoms with van der Waals surface area (Å²) in [5.41, 5.74) is 1.92. The van der Waals surface area contributed by atoms with Gasteiger partial charge in [0.05, 0.1) is 18.1 Å². The Morgan fingerprint density at radius 3 is 2.35 bits per heavy atom. The van der Waals surface area contributed by atoms with E-state index in [1.807, 2.05) is 73.7 Å². The van der Waals surface area contributed by atoms with Crippen LogP contribution >= 0.6 is 0 Å².